The first-order valence-electron chi connectivity index (χ1n) is 9.16. The van der Waals surface area contributed by atoms with E-state index in [1.807, 2.05) is 24.5 Å². The normalized spacial score (nSPS) is 19.2. The molecule has 130 valence electrons. The Morgan fingerprint density at radius 2 is 1.88 bits per heavy atom. The fraction of sp³-hybridized carbons (Fsp3) is 0.429. The van der Waals surface area contributed by atoms with Gasteiger partial charge in [0.25, 0.3) is 0 Å². The minimum atomic E-state index is -0.0110. The third-order valence-electron chi connectivity index (χ3n) is 5.58. The molecule has 0 bridgehead atoms. The van der Waals surface area contributed by atoms with Crippen LogP contribution in [0, 0.1) is 0 Å². The van der Waals surface area contributed by atoms with E-state index in [2.05, 4.69) is 28.1 Å². The smallest absolute Gasteiger partial charge is 0.123 e. The van der Waals surface area contributed by atoms with Gasteiger partial charge < -0.3 is 14.4 Å². The Hall–Kier alpha value is -2.20. The second-order valence-electron chi connectivity index (χ2n) is 7.14. The van der Waals surface area contributed by atoms with Gasteiger partial charge in [-0.3, -0.25) is 4.98 Å². The number of pyridine rings is 1. The minimum absolute atomic E-state index is 0.0110. The Morgan fingerprint density at radius 3 is 2.64 bits per heavy atom. The summed E-state index contributed by atoms with van der Waals surface area (Å²) in [6, 6.07) is 10.6. The summed E-state index contributed by atoms with van der Waals surface area (Å²) in [5.74, 6) is 1.05. The fourth-order valence-corrected chi connectivity index (χ4v) is 4.02. The van der Waals surface area contributed by atoms with E-state index >= 15 is 0 Å². The van der Waals surface area contributed by atoms with Crippen molar-refractivity contribution in [3.8, 4) is 16.9 Å². The number of rotatable bonds is 4. The van der Waals surface area contributed by atoms with Crippen molar-refractivity contribution in [3.05, 3.63) is 48.3 Å². The third kappa shape index (κ3) is 3.45. The number of hydrogen-bond donors (Lipinski definition) is 0. The van der Waals surface area contributed by atoms with Crippen LogP contribution in [0.15, 0.2) is 42.7 Å². The molecular weight excluding hydrogens is 312 g/mol. The molecule has 2 aliphatic heterocycles. The van der Waals surface area contributed by atoms with Crippen LogP contribution in [0.3, 0.4) is 0 Å². The van der Waals surface area contributed by atoms with Gasteiger partial charge in [-0.15, -0.1) is 0 Å². The molecule has 1 aromatic carbocycles. The molecule has 1 spiro atoms. The van der Waals surface area contributed by atoms with Crippen molar-refractivity contribution < 1.29 is 9.53 Å². The van der Waals surface area contributed by atoms with E-state index in [1.165, 1.54) is 16.7 Å². The van der Waals surface area contributed by atoms with Gasteiger partial charge in [-0.05, 0) is 66.6 Å². The molecule has 3 heterocycles. The van der Waals surface area contributed by atoms with E-state index in [1.54, 1.807) is 0 Å². The van der Waals surface area contributed by atoms with Gasteiger partial charge in [-0.2, -0.15) is 0 Å². The van der Waals surface area contributed by atoms with Crippen molar-refractivity contribution in [1.82, 2.24) is 9.88 Å². The molecule has 2 aliphatic rings. The largest absolute Gasteiger partial charge is 0.487 e. The molecule has 0 N–H and O–H groups in total. The first-order valence-corrected chi connectivity index (χ1v) is 9.16. The number of piperidine rings is 1. The van der Waals surface area contributed by atoms with E-state index in [0.717, 1.165) is 57.4 Å². The fourth-order valence-electron chi connectivity index (χ4n) is 4.02. The molecule has 0 unspecified atom stereocenters. The van der Waals surface area contributed by atoms with Crippen molar-refractivity contribution in [2.75, 3.05) is 19.6 Å². The number of hydrogen-bond acceptors (Lipinski definition) is 4. The zero-order valence-corrected chi connectivity index (χ0v) is 14.5. The zero-order chi connectivity index (χ0) is 17.1. The Morgan fingerprint density at radius 1 is 1.08 bits per heavy atom. The average molecular weight is 336 g/mol. The number of nitrogens with zero attached hydrogens (tertiary/aromatic N) is 2. The maximum atomic E-state index is 10.6. The molecule has 0 radical (unpaired) electrons. The van der Waals surface area contributed by atoms with Crippen LogP contribution in [0.2, 0.25) is 0 Å². The molecule has 1 saturated heterocycles. The summed E-state index contributed by atoms with van der Waals surface area (Å²) in [6.07, 6.45) is 9.57. The molecule has 25 heavy (non-hydrogen) atoms. The second kappa shape index (κ2) is 6.96. The number of likely N-dealkylation sites (tertiary alicyclic amines) is 1. The van der Waals surface area contributed by atoms with Gasteiger partial charge in [-0.1, -0.05) is 6.07 Å². The minimum Gasteiger partial charge on any atom is -0.487 e. The Bertz CT molecular complexity index is 737. The van der Waals surface area contributed by atoms with Crippen LogP contribution >= 0.6 is 0 Å². The summed E-state index contributed by atoms with van der Waals surface area (Å²) in [5.41, 5.74) is 3.72. The van der Waals surface area contributed by atoms with Crippen LogP contribution in [-0.4, -0.2) is 41.4 Å². The lowest BCUT2D eigenvalue weighted by atomic mass is 9.82. The van der Waals surface area contributed by atoms with Crippen LogP contribution in [0.25, 0.3) is 11.1 Å². The summed E-state index contributed by atoms with van der Waals surface area (Å²) >= 11 is 0. The number of aldehydes is 1. The van der Waals surface area contributed by atoms with E-state index in [0.29, 0.717) is 6.42 Å². The van der Waals surface area contributed by atoms with Gasteiger partial charge in [0, 0.05) is 38.4 Å². The van der Waals surface area contributed by atoms with Crippen LogP contribution in [0.5, 0.6) is 5.75 Å². The summed E-state index contributed by atoms with van der Waals surface area (Å²) in [4.78, 5) is 17.0. The van der Waals surface area contributed by atoms with Gasteiger partial charge in [-0.25, -0.2) is 0 Å². The lowest BCUT2D eigenvalue weighted by Crippen LogP contribution is -2.49. The number of aromatic nitrogens is 1. The summed E-state index contributed by atoms with van der Waals surface area (Å²) in [7, 11) is 0. The highest BCUT2D eigenvalue weighted by Gasteiger charge is 2.39. The zero-order valence-electron chi connectivity index (χ0n) is 14.5. The van der Waals surface area contributed by atoms with E-state index < -0.39 is 0 Å². The van der Waals surface area contributed by atoms with Crippen molar-refractivity contribution in [1.29, 1.82) is 0 Å². The Balaban J connectivity index is 1.46. The van der Waals surface area contributed by atoms with Gasteiger partial charge >= 0.3 is 0 Å². The lowest BCUT2D eigenvalue weighted by Gasteiger charge is -2.44. The van der Waals surface area contributed by atoms with Crippen molar-refractivity contribution in [2.24, 2.45) is 0 Å². The topological polar surface area (TPSA) is 42.4 Å². The summed E-state index contributed by atoms with van der Waals surface area (Å²) < 4.78 is 6.50. The van der Waals surface area contributed by atoms with E-state index in [9.17, 15) is 4.79 Å². The van der Waals surface area contributed by atoms with E-state index in [4.69, 9.17) is 4.74 Å². The van der Waals surface area contributed by atoms with Gasteiger partial charge in [0.15, 0.2) is 0 Å². The number of carbonyl (C=O) groups is 1. The first kappa shape index (κ1) is 16.3. The number of ether oxygens (including phenoxy) is 1. The molecule has 4 rings (SSSR count). The average Bonchev–Trinajstić information content (AvgIpc) is 2.68. The third-order valence-corrected chi connectivity index (χ3v) is 5.58. The molecule has 4 heteroatoms. The predicted molar refractivity (Wildman–Crippen MR) is 97.7 cm³/mol. The monoisotopic (exact) mass is 336 g/mol. The standard InChI is InChI=1S/C21H24N2O2/c24-15-1-12-23-13-8-21(9-14-23)7-4-19-16-18(2-3-20(19)25-21)17-5-10-22-11-6-17/h2-3,5-6,10-11,15-16H,1,4,7-9,12-14H2. The lowest BCUT2D eigenvalue weighted by molar-refractivity contribution is -0.108. The molecule has 2 aromatic rings. The SMILES string of the molecule is O=CCCN1CCC2(CCc3cc(-c4ccncc4)ccc3O2)CC1. The van der Waals surface area contributed by atoms with Crippen LogP contribution in [0.1, 0.15) is 31.2 Å². The van der Waals surface area contributed by atoms with Crippen LogP contribution in [0.4, 0.5) is 0 Å². The molecule has 4 nitrogen and oxygen atoms in total. The molecule has 1 fully saturated rings. The Labute approximate surface area is 148 Å². The van der Waals surface area contributed by atoms with Crippen molar-refractivity contribution in [3.63, 3.8) is 0 Å². The molecule has 0 aliphatic carbocycles. The molecular formula is C21H24N2O2. The highest BCUT2D eigenvalue weighted by molar-refractivity contribution is 5.65. The number of carbonyl (C=O) groups excluding carboxylic acids is 1. The number of fused-ring (bicyclic) bond motifs is 1. The molecule has 0 saturated carbocycles. The molecule has 1 aromatic heterocycles. The van der Waals surface area contributed by atoms with Gasteiger partial charge in [0.1, 0.15) is 17.6 Å². The van der Waals surface area contributed by atoms with Crippen LogP contribution < -0.4 is 4.74 Å². The maximum Gasteiger partial charge on any atom is 0.123 e. The molecule has 0 atom stereocenters. The summed E-state index contributed by atoms with van der Waals surface area (Å²) in [6.45, 7) is 2.93. The quantitative estimate of drug-likeness (QED) is 0.802. The summed E-state index contributed by atoms with van der Waals surface area (Å²) in [5, 5.41) is 0. The highest BCUT2D eigenvalue weighted by atomic mass is 16.5. The van der Waals surface area contributed by atoms with Gasteiger partial charge in [0.05, 0.1) is 0 Å². The van der Waals surface area contributed by atoms with Crippen LogP contribution in [-0.2, 0) is 11.2 Å². The number of benzene rings is 1. The maximum absolute atomic E-state index is 10.6. The van der Waals surface area contributed by atoms with E-state index in [-0.39, 0.29) is 5.60 Å². The van der Waals surface area contributed by atoms with Crippen molar-refractivity contribution in [2.45, 2.75) is 37.7 Å². The van der Waals surface area contributed by atoms with Gasteiger partial charge in [0.2, 0.25) is 0 Å². The Kier molecular flexibility index (Phi) is 4.53. The van der Waals surface area contributed by atoms with Crippen molar-refractivity contribution >= 4 is 6.29 Å². The second-order valence-corrected chi connectivity index (χ2v) is 7.14. The first-order chi connectivity index (χ1) is 12.3. The molecule has 0 amide bonds. The predicted octanol–water partition coefficient (Wildman–Crippen LogP) is 3.50. The number of aryl methyl sites for hydroxylation is 1. The highest BCUT2D eigenvalue weighted by Crippen LogP contribution is 2.40.